The fourth-order valence-corrected chi connectivity index (χ4v) is 1.40. The molecule has 0 aliphatic carbocycles. The number of carbonyl (C=O) groups is 1. The van der Waals surface area contributed by atoms with Crippen LogP contribution in [-0.2, 0) is 4.79 Å². The van der Waals surface area contributed by atoms with Crippen molar-refractivity contribution in [1.29, 1.82) is 0 Å². The monoisotopic (exact) mass is 170 g/mol. The van der Waals surface area contributed by atoms with Gasteiger partial charge in [0, 0.05) is 19.5 Å². The van der Waals surface area contributed by atoms with Gasteiger partial charge >= 0.3 is 0 Å². The summed E-state index contributed by atoms with van der Waals surface area (Å²) in [7, 11) is 0. The largest absolute Gasteiger partial charge is 0.278 e. The Kier molecular flexibility index (Phi) is 4.08. The first kappa shape index (κ1) is 9.52. The van der Waals surface area contributed by atoms with Crippen molar-refractivity contribution in [1.82, 2.24) is 10.4 Å². The molecule has 0 aromatic carbocycles. The summed E-state index contributed by atoms with van der Waals surface area (Å²) in [6, 6.07) is 0. The minimum atomic E-state index is 0.256. The van der Waals surface area contributed by atoms with Gasteiger partial charge in [0.05, 0.1) is 0 Å². The van der Waals surface area contributed by atoms with Crippen molar-refractivity contribution >= 4 is 5.91 Å². The summed E-state index contributed by atoms with van der Waals surface area (Å²) in [5.74, 6) is 0.256. The summed E-state index contributed by atoms with van der Waals surface area (Å²) in [6.45, 7) is 4.02. The molecule has 0 aromatic heterocycles. The molecule has 70 valence electrons. The van der Waals surface area contributed by atoms with Gasteiger partial charge in [-0.1, -0.05) is 19.8 Å². The van der Waals surface area contributed by atoms with Crippen LogP contribution in [0.2, 0.25) is 0 Å². The minimum Gasteiger partial charge on any atom is -0.278 e. The van der Waals surface area contributed by atoms with Crippen molar-refractivity contribution in [3.05, 3.63) is 0 Å². The summed E-state index contributed by atoms with van der Waals surface area (Å²) in [5.41, 5.74) is 3.15. The second-order valence-electron chi connectivity index (χ2n) is 3.26. The van der Waals surface area contributed by atoms with E-state index in [2.05, 4.69) is 12.3 Å². The normalized spacial score (nSPS) is 17.4. The van der Waals surface area contributed by atoms with E-state index in [1.54, 1.807) is 5.01 Å². The average Bonchev–Trinajstić information content (AvgIpc) is 2.46. The molecule has 0 saturated carbocycles. The van der Waals surface area contributed by atoms with Gasteiger partial charge < -0.3 is 0 Å². The predicted octanol–water partition coefficient (Wildman–Crippen LogP) is 1.30. The molecule has 0 atom stereocenters. The summed E-state index contributed by atoms with van der Waals surface area (Å²) in [5, 5.41) is 1.76. The predicted molar refractivity (Wildman–Crippen MR) is 48.5 cm³/mol. The zero-order chi connectivity index (χ0) is 8.81. The van der Waals surface area contributed by atoms with E-state index in [0.29, 0.717) is 0 Å². The first-order valence-electron chi connectivity index (χ1n) is 4.88. The number of rotatable bonds is 5. The number of unbranched alkanes of at least 4 members (excludes halogenated alkanes) is 2. The van der Waals surface area contributed by atoms with Gasteiger partial charge in [-0.25, -0.2) is 5.43 Å². The zero-order valence-electron chi connectivity index (χ0n) is 7.81. The molecule has 0 spiro atoms. The van der Waals surface area contributed by atoms with E-state index in [9.17, 15) is 4.79 Å². The molecule has 1 heterocycles. The number of hydrazine groups is 1. The van der Waals surface area contributed by atoms with Gasteiger partial charge in [0.25, 0.3) is 0 Å². The molecule has 1 saturated heterocycles. The molecule has 1 aliphatic heterocycles. The average molecular weight is 170 g/mol. The van der Waals surface area contributed by atoms with Gasteiger partial charge in [-0.3, -0.25) is 9.80 Å². The van der Waals surface area contributed by atoms with Crippen LogP contribution in [0, 0.1) is 0 Å². The number of carbonyl (C=O) groups excluding carboxylic acids is 1. The van der Waals surface area contributed by atoms with Crippen LogP contribution >= 0.6 is 0 Å². The van der Waals surface area contributed by atoms with Crippen LogP contribution in [0.3, 0.4) is 0 Å². The molecule has 3 nitrogen and oxygen atoms in total. The Morgan fingerprint density at radius 3 is 2.92 bits per heavy atom. The fraction of sp³-hybridized carbons (Fsp3) is 0.889. The van der Waals surface area contributed by atoms with Gasteiger partial charge in [0.2, 0.25) is 5.91 Å². The Labute approximate surface area is 74.1 Å². The maximum Gasteiger partial charge on any atom is 0.236 e. The molecule has 12 heavy (non-hydrogen) atoms. The first-order chi connectivity index (χ1) is 5.84. The van der Waals surface area contributed by atoms with E-state index in [0.717, 1.165) is 25.9 Å². The van der Waals surface area contributed by atoms with E-state index < -0.39 is 0 Å². The molecule has 0 unspecified atom stereocenters. The zero-order valence-corrected chi connectivity index (χ0v) is 7.81. The van der Waals surface area contributed by atoms with E-state index in [1.165, 1.54) is 19.3 Å². The van der Waals surface area contributed by atoms with Crippen LogP contribution in [0.4, 0.5) is 0 Å². The number of amides is 1. The van der Waals surface area contributed by atoms with E-state index in [4.69, 9.17) is 0 Å². The second kappa shape index (κ2) is 5.14. The highest BCUT2D eigenvalue weighted by Crippen LogP contribution is 2.06. The van der Waals surface area contributed by atoms with Crippen molar-refractivity contribution in [2.24, 2.45) is 0 Å². The molecule has 0 radical (unpaired) electrons. The Morgan fingerprint density at radius 2 is 2.33 bits per heavy atom. The van der Waals surface area contributed by atoms with Gasteiger partial charge in [0.15, 0.2) is 0 Å². The first-order valence-corrected chi connectivity index (χ1v) is 4.88. The van der Waals surface area contributed by atoms with Crippen molar-refractivity contribution in [3.63, 3.8) is 0 Å². The molecule has 1 amide bonds. The van der Waals surface area contributed by atoms with Crippen LogP contribution in [-0.4, -0.2) is 24.0 Å². The number of nitrogens with one attached hydrogen (secondary N) is 1. The van der Waals surface area contributed by atoms with Crippen molar-refractivity contribution in [3.8, 4) is 0 Å². The van der Waals surface area contributed by atoms with Crippen molar-refractivity contribution < 1.29 is 4.79 Å². The minimum absolute atomic E-state index is 0.256. The smallest absolute Gasteiger partial charge is 0.236 e. The van der Waals surface area contributed by atoms with Gasteiger partial charge in [-0.05, 0) is 12.8 Å². The van der Waals surface area contributed by atoms with Crippen LogP contribution in [0.5, 0.6) is 0 Å². The molecule has 0 bridgehead atoms. The van der Waals surface area contributed by atoms with Gasteiger partial charge in [-0.15, -0.1) is 0 Å². The van der Waals surface area contributed by atoms with Crippen LogP contribution in [0.1, 0.15) is 39.0 Å². The Morgan fingerprint density at radius 1 is 1.50 bits per heavy atom. The molecular formula is C9H18N2O. The molecule has 1 fully saturated rings. The summed E-state index contributed by atoms with van der Waals surface area (Å²) >= 11 is 0. The lowest BCUT2D eigenvalue weighted by Gasteiger charge is -2.16. The van der Waals surface area contributed by atoms with E-state index in [1.807, 2.05) is 0 Å². The van der Waals surface area contributed by atoms with Crippen LogP contribution in [0.25, 0.3) is 0 Å². The van der Waals surface area contributed by atoms with E-state index >= 15 is 0 Å². The highest BCUT2D eigenvalue weighted by Gasteiger charge is 2.18. The Bertz CT molecular complexity index is 147. The van der Waals surface area contributed by atoms with E-state index in [-0.39, 0.29) is 5.91 Å². The lowest BCUT2D eigenvalue weighted by molar-refractivity contribution is -0.130. The highest BCUT2D eigenvalue weighted by atomic mass is 16.2. The lowest BCUT2D eigenvalue weighted by Crippen LogP contribution is -2.39. The number of hydrogen-bond donors (Lipinski definition) is 1. The number of hydrogen-bond acceptors (Lipinski definition) is 2. The molecule has 0 aromatic rings. The number of nitrogens with zero attached hydrogens (tertiary/aromatic N) is 1. The highest BCUT2D eigenvalue weighted by molar-refractivity contribution is 5.77. The third kappa shape index (κ3) is 2.81. The van der Waals surface area contributed by atoms with Gasteiger partial charge in [0.1, 0.15) is 0 Å². The molecule has 3 heteroatoms. The third-order valence-electron chi connectivity index (χ3n) is 2.16. The Balaban J connectivity index is 2.02. The van der Waals surface area contributed by atoms with Crippen LogP contribution in [0.15, 0.2) is 0 Å². The maximum atomic E-state index is 11.1. The standard InChI is InChI=1S/C9H18N2O/c1-2-3-4-7-10-11-8-5-6-9(11)12/h10H,2-8H2,1H3. The Hall–Kier alpha value is -0.570. The molecule has 1 aliphatic rings. The van der Waals surface area contributed by atoms with Crippen molar-refractivity contribution in [2.45, 2.75) is 39.0 Å². The summed E-state index contributed by atoms with van der Waals surface area (Å²) in [4.78, 5) is 11.1. The van der Waals surface area contributed by atoms with Crippen LogP contribution < -0.4 is 5.43 Å². The molecular weight excluding hydrogens is 152 g/mol. The third-order valence-corrected chi connectivity index (χ3v) is 2.16. The molecule has 1 N–H and O–H groups in total. The fourth-order valence-electron chi connectivity index (χ4n) is 1.40. The lowest BCUT2D eigenvalue weighted by atomic mass is 10.2. The summed E-state index contributed by atoms with van der Waals surface area (Å²) in [6.07, 6.45) is 5.38. The van der Waals surface area contributed by atoms with Gasteiger partial charge in [-0.2, -0.15) is 0 Å². The topological polar surface area (TPSA) is 32.3 Å². The maximum absolute atomic E-state index is 11.1. The SMILES string of the molecule is CCCCCNN1CCCC1=O. The summed E-state index contributed by atoms with van der Waals surface area (Å²) < 4.78 is 0. The quantitative estimate of drug-likeness (QED) is 0.631. The van der Waals surface area contributed by atoms with Crippen molar-refractivity contribution in [2.75, 3.05) is 13.1 Å². The molecule has 1 rings (SSSR count). The second-order valence-corrected chi connectivity index (χ2v) is 3.26.